The molecule has 1 aliphatic heterocycles. The molecule has 1 saturated heterocycles. The average molecular weight is 366 g/mol. The zero-order chi connectivity index (χ0) is 19.2. The van der Waals surface area contributed by atoms with Gasteiger partial charge in [-0.25, -0.2) is 0 Å². The van der Waals surface area contributed by atoms with Gasteiger partial charge in [0.25, 0.3) is 0 Å². The van der Waals surface area contributed by atoms with Crippen molar-refractivity contribution >= 4 is 11.8 Å². The molecule has 1 N–H and O–H groups in total. The fourth-order valence-corrected chi connectivity index (χ4v) is 3.39. The number of amides is 2. The number of carbonyl (C=O) groups excluding carboxylic acids is 2. The molecule has 0 bridgehead atoms. The first-order chi connectivity index (χ1) is 13.1. The van der Waals surface area contributed by atoms with Crippen molar-refractivity contribution in [3.8, 4) is 5.75 Å². The van der Waals surface area contributed by atoms with Gasteiger partial charge < -0.3 is 15.0 Å². The van der Waals surface area contributed by atoms with Crippen LogP contribution in [0.15, 0.2) is 48.5 Å². The average Bonchev–Trinajstić information content (AvgIpc) is 2.72. The summed E-state index contributed by atoms with van der Waals surface area (Å²) in [5.74, 6) is 0.598. The predicted molar refractivity (Wildman–Crippen MR) is 105 cm³/mol. The van der Waals surface area contributed by atoms with E-state index in [4.69, 9.17) is 4.74 Å². The Kier molecular flexibility index (Phi) is 6.12. The minimum atomic E-state index is -0.584. The monoisotopic (exact) mass is 366 g/mol. The van der Waals surface area contributed by atoms with Crippen LogP contribution in [-0.4, -0.2) is 36.9 Å². The van der Waals surface area contributed by atoms with Crippen molar-refractivity contribution in [2.24, 2.45) is 0 Å². The Morgan fingerprint density at radius 1 is 1.11 bits per heavy atom. The van der Waals surface area contributed by atoms with E-state index < -0.39 is 6.04 Å². The van der Waals surface area contributed by atoms with Crippen LogP contribution in [0, 0.1) is 0 Å². The lowest BCUT2D eigenvalue weighted by molar-refractivity contribution is -0.143. The van der Waals surface area contributed by atoms with Gasteiger partial charge in [0.2, 0.25) is 11.8 Å². The first kappa shape index (κ1) is 19.0. The third-order valence-corrected chi connectivity index (χ3v) is 5.02. The van der Waals surface area contributed by atoms with Crippen LogP contribution in [-0.2, 0) is 22.4 Å². The molecule has 2 aromatic carbocycles. The Hall–Kier alpha value is -2.82. The molecule has 0 saturated carbocycles. The predicted octanol–water partition coefficient (Wildman–Crippen LogP) is 2.89. The van der Waals surface area contributed by atoms with Gasteiger partial charge in [-0.3, -0.25) is 9.59 Å². The zero-order valence-corrected chi connectivity index (χ0v) is 15.9. The number of hydrogen-bond donors (Lipinski definition) is 1. The van der Waals surface area contributed by atoms with Gasteiger partial charge in [0.15, 0.2) is 0 Å². The Morgan fingerprint density at radius 2 is 1.78 bits per heavy atom. The largest absolute Gasteiger partial charge is 0.497 e. The molecule has 1 fully saturated rings. The normalized spacial score (nSPS) is 16.7. The molecule has 142 valence electrons. The number of ether oxygens (including phenoxy) is 1. The second-order valence-corrected chi connectivity index (χ2v) is 6.72. The maximum atomic E-state index is 12.9. The van der Waals surface area contributed by atoms with Crippen LogP contribution >= 0.6 is 0 Å². The Labute approximate surface area is 160 Å². The van der Waals surface area contributed by atoms with Crippen LogP contribution in [0.4, 0.5) is 0 Å². The molecule has 2 aromatic rings. The lowest BCUT2D eigenvalue weighted by Gasteiger charge is -2.35. The lowest BCUT2D eigenvalue weighted by atomic mass is 10.0. The Balaban J connectivity index is 1.70. The highest BCUT2D eigenvalue weighted by atomic mass is 16.5. The van der Waals surface area contributed by atoms with E-state index in [0.29, 0.717) is 25.9 Å². The Bertz CT molecular complexity index is 784. The second kappa shape index (κ2) is 8.71. The van der Waals surface area contributed by atoms with Crippen molar-refractivity contribution in [1.29, 1.82) is 0 Å². The van der Waals surface area contributed by atoms with Crippen LogP contribution in [0.25, 0.3) is 0 Å². The van der Waals surface area contributed by atoms with Crippen LogP contribution in [0.5, 0.6) is 5.75 Å². The molecule has 0 radical (unpaired) electrons. The number of nitrogens with one attached hydrogen (secondary N) is 1. The summed E-state index contributed by atoms with van der Waals surface area (Å²) in [6.45, 7) is 3.14. The highest BCUT2D eigenvalue weighted by Gasteiger charge is 2.33. The van der Waals surface area contributed by atoms with E-state index in [9.17, 15) is 9.59 Å². The summed E-state index contributed by atoms with van der Waals surface area (Å²) in [7, 11) is 1.60. The quantitative estimate of drug-likeness (QED) is 0.855. The standard InChI is InChI=1S/C22H26N2O3/c1-3-16-4-6-17(7-5-16)8-13-20(25)24-15-14-23-22(26)21(24)18-9-11-19(27-2)12-10-18/h4-7,9-12,21H,3,8,13-15H2,1-2H3,(H,23,26). The summed E-state index contributed by atoms with van der Waals surface area (Å²) in [6.07, 6.45) is 2.08. The van der Waals surface area contributed by atoms with Crippen molar-refractivity contribution in [2.75, 3.05) is 20.2 Å². The number of rotatable bonds is 6. The van der Waals surface area contributed by atoms with Crippen molar-refractivity contribution in [3.05, 3.63) is 65.2 Å². The number of methoxy groups -OCH3 is 1. The highest BCUT2D eigenvalue weighted by Crippen LogP contribution is 2.26. The Morgan fingerprint density at radius 3 is 2.41 bits per heavy atom. The first-order valence-electron chi connectivity index (χ1n) is 9.41. The van der Waals surface area contributed by atoms with Crippen LogP contribution in [0.1, 0.15) is 36.1 Å². The van der Waals surface area contributed by atoms with Gasteiger partial charge in [0, 0.05) is 19.5 Å². The van der Waals surface area contributed by atoms with Gasteiger partial charge >= 0.3 is 0 Å². The molecule has 5 heteroatoms. The molecular formula is C22H26N2O3. The summed E-state index contributed by atoms with van der Waals surface area (Å²) in [4.78, 5) is 27.0. The third-order valence-electron chi connectivity index (χ3n) is 5.02. The molecule has 1 heterocycles. The van der Waals surface area contributed by atoms with E-state index in [1.54, 1.807) is 12.0 Å². The minimum Gasteiger partial charge on any atom is -0.497 e. The zero-order valence-electron chi connectivity index (χ0n) is 15.9. The summed E-state index contributed by atoms with van der Waals surface area (Å²) < 4.78 is 5.18. The van der Waals surface area contributed by atoms with Crippen molar-refractivity contribution in [1.82, 2.24) is 10.2 Å². The fraction of sp³-hybridized carbons (Fsp3) is 0.364. The van der Waals surface area contributed by atoms with E-state index in [2.05, 4.69) is 36.5 Å². The summed E-state index contributed by atoms with van der Waals surface area (Å²) in [5.41, 5.74) is 3.23. The fourth-order valence-electron chi connectivity index (χ4n) is 3.39. The van der Waals surface area contributed by atoms with E-state index in [1.165, 1.54) is 5.56 Å². The van der Waals surface area contributed by atoms with Gasteiger partial charge in [-0.15, -0.1) is 0 Å². The first-order valence-corrected chi connectivity index (χ1v) is 9.41. The smallest absolute Gasteiger partial charge is 0.247 e. The van der Waals surface area contributed by atoms with Gasteiger partial charge in [-0.2, -0.15) is 0 Å². The highest BCUT2D eigenvalue weighted by molar-refractivity contribution is 5.89. The van der Waals surface area contributed by atoms with Crippen molar-refractivity contribution < 1.29 is 14.3 Å². The number of aryl methyl sites for hydroxylation is 2. The molecule has 0 spiro atoms. The number of piperazine rings is 1. The summed E-state index contributed by atoms with van der Waals surface area (Å²) in [5, 5.41) is 2.87. The maximum absolute atomic E-state index is 12.9. The molecule has 1 atom stereocenters. The van der Waals surface area contributed by atoms with Crippen molar-refractivity contribution in [2.45, 2.75) is 32.2 Å². The van der Waals surface area contributed by atoms with Crippen LogP contribution in [0.2, 0.25) is 0 Å². The SMILES string of the molecule is CCc1ccc(CCC(=O)N2CCNC(=O)C2c2ccc(OC)cc2)cc1. The van der Waals surface area contributed by atoms with E-state index in [1.807, 2.05) is 24.3 Å². The topological polar surface area (TPSA) is 58.6 Å². The van der Waals surface area contributed by atoms with E-state index >= 15 is 0 Å². The van der Waals surface area contributed by atoms with Crippen LogP contribution in [0.3, 0.4) is 0 Å². The second-order valence-electron chi connectivity index (χ2n) is 6.72. The van der Waals surface area contributed by atoms with Crippen molar-refractivity contribution in [3.63, 3.8) is 0 Å². The van der Waals surface area contributed by atoms with Gasteiger partial charge in [-0.1, -0.05) is 43.3 Å². The molecule has 0 aromatic heterocycles. The molecule has 0 aliphatic carbocycles. The van der Waals surface area contributed by atoms with E-state index in [-0.39, 0.29) is 11.8 Å². The van der Waals surface area contributed by atoms with E-state index in [0.717, 1.165) is 23.3 Å². The molecule has 2 amide bonds. The van der Waals surface area contributed by atoms with Crippen LogP contribution < -0.4 is 10.1 Å². The van der Waals surface area contributed by atoms with Gasteiger partial charge in [0.05, 0.1) is 7.11 Å². The molecule has 3 rings (SSSR count). The van der Waals surface area contributed by atoms with Gasteiger partial charge in [0.1, 0.15) is 11.8 Å². The number of hydrogen-bond acceptors (Lipinski definition) is 3. The molecule has 1 unspecified atom stereocenters. The van der Waals surface area contributed by atoms with Gasteiger partial charge in [-0.05, 0) is 41.7 Å². The molecule has 27 heavy (non-hydrogen) atoms. The number of benzene rings is 2. The number of carbonyl (C=O) groups is 2. The number of nitrogens with zero attached hydrogens (tertiary/aromatic N) is 1. The lowest BCUT2D eigenvalue weighted by Crippen LogP contribution is -2.52. The minimum absolute atomic E-state index is 0.00485. The summed E-state index contributed by atoms with van der Waals surface area (Å²) in [6, 6.07) is 15.1. The third kappa shape index (κ3) is 4.48. The maximum Gasteiger partial charge on any atom is 0.247 e. The molecule has 1 aliphatic rings. The molecule has 5 nitrogen and oxygen atoms in total. The summed E-state index contributed by atoms with van der Waals surface area (Å²) >= 11 is 0. The molecular weight excluding hydrogens is 340 g/mol.